The molecular formula is C15H17ClN2O2. The highest BCUT2D eigenvalue weighted by molar-refractivity contribution is 6.30. The van der Waals surface area contributed by atoms with Crippen LogP contribution in [0.3, 0.4) is 0 Å². The standard InChI is InChI=1S/C15H17ClN2O2/c16-13-5-6-14(18(19)20)12(9-13)10-15(11-17)7-3-1-2-4-8-15/h5-6,9H,1-4,7-8,10H2. The average molecular weight is 293 g/mol. The third-order valence-electron chi connectivity index (χ3n) is 4.06. The first-order valence-electron chi connectivity index (χ1n) is 6.90. The van der Waals surface area contributed by atoms with Crippen molar-refractivity contribution in [2.45, 2.75) is 44.9 Å². The minimum Gasteiger partial charge on any atom is -0.258 e. The number of halogens is 1. The van der Waals surface area contributed by atoms with Crippen LogP contribution in [0.2, 0.25) is 5.02 Å². The molecule has 0 amide bonds. The van der Waals surface area contributed by atoms with Gasteiger partial charge in [-0.1, -0.05) is 37.3 Å². The van der Waals surface area contributed by atoms with E-state index in [1.54, 1.807) is 6.07 Å². The van der Waals surface area contributed by atoms with Gasteiger partial charge in [-0.2, -0.15) is 5.26 Å². The Labute approximate surface area is 123 Å². The van der Waals surface area contributed by atoms with Crippen LogP contribution in [-0.2, 0) is 6.42 Å². The van der Waals surface area contributed by atoms with Crippen LogP contribution in [-0.4, -0.2) is 4.92 Å². The molecule has 0 heterocycles. The van der Waals surface area contributed by atoms with E-state index in [4.69, 9.17) is 11.6 Å². The summed E-state index contributed by atoms with van der Waals surface area (Å²) in [5.41, 5.74) is 0.158. The predicted molar refractivity (Wildman–Crippen MR) is 77.6 cm³/mol. The zero-order valence-corrected chi connectivity index (χ0v) is 12.0. The summed E-state index contributed by atoms with van der Waals surface area (Å²) in [5.74, 6) is 0. The first-order valence-corrected chi connectivity index (χ1v) is 7.28. The molecule has 5 heteroatoms. The highest BCUT2D eigenvalue weighted by Crippen LogP contribution is 2.39. The van der Waals surface area contributed by atoms with E-state index in [1.165, 1.54) is 12.1 Å². The molecular weight excluding hydrogens is 276 g/mol. The van der Waals surface area contributed by atoms with E-state index in [-0.39, 0.29) is 5.69 Å². The van der Waals surface area contributed by atoms with Gasteiger partial charge in [0.1, 0.15) is 0 Å². The molecule has 2 rings (SSSR count). The lowest BCUT2D eigenvalue weighted by Crippen LogP contribution is -2.21. The van der Waals surface area contributed by atoms with Gasteiger partial charge in [0, 0.05) is 16.7 Å². The van der Waals surface area contributed by atoms with Crippen molar-refractivity contribution >= 4 is 17.3 Å². The maximum atomic E-state index is 11.1. The third kappa shape index (κ3) is 3.29. The topological polar surface area (TPSA) is 66.9 Å². The van der Waals surface area contributed by atoms with Crippen molar-refractivity contribution in [1.82, 2.24) is 0 Å². The monoisotopic (exact) mass is 292 g/mol. The average Bonchev–Trinajstić information content (AvgIpc) is 2.64. The maximum Gasteiger partial charge on any atom is 0.272 e. The van der Waals surface area contributed by atoms with E-state index in [2.05, 4.69) is 6.07 Å². The van der Waals surface area contributed by atoms with E-state index in [0.717, 1.165) is 38.5 Å². The second-order valence-corrected chi connectivity index (χ2v) is 5.95. The lowest BCUT2D eigenvalue weighted by atomic mass is 9.76. The summed E-state index contributed by atoms with van der Waals surface area (Å²) in [7, 11) is 0. The van der Waals surface area contributed by atoms with Crippen molar-refractivity contribution in [3.8, 4) is 6.07 Å². The fourth-order valence-corrected chi connectivity index (χ4v) is 3.17. The molecule has 0 aliphatic heterocycles. The summed E-state index contributed by atoms with van der Waals surface area (Å²) in [6.07, 6.45) is 6.35. The number of hydrogen-bond donors (Lipinski definition) is 0. The molecule has 0 atom stereocenters. The summed E-state index contributed by atoms with van der Waals surface area (Å²) >= 11 is 5.95. The molecule has 0 saturated heterocycles. The Morgan fingerprint density at radius 1 is 1.30 bits per heavy atom. The van der Waals surface area contributed by atoms with Gasteiger partial charge in [0.2, 0.25) is 0 Å². The van der Waals surface area contributed by atoms with Crippen LogP contribution in [0.15, 0.2) is 18.2 Å². The molecule has 0 bridgehead atoms. The number of nitrogens with zero attached hydrogens (tertiary/aromatic N) is 2. The molecule has 1 saturated carbocycles. The Balaban J connectivity index is 2.33. The number of nitriles is 1. The van der Waals surface area contributed by atoms with Crippen molar-refractivity contribution in [1.29, 1.82) is 5.26 Å². The van der Waals surface area contributed by atoms with E-state index < -0.39 is 10.3 Å². The van der Waals surface area contributed by atoms with Gasteiger partial charge < -0.3 is 0 Å². The van der Waals surface area contributed by atoms with Crippen molar-refractivity contribution in [3.05, 3.63) is 38.9 Å². The summed E-state index contributed by atoms with van der Waals surface area (Å²) in [6.45, 7) is 0. The van der Waals surface area contributed by atoms with Crippen LogP contribution in [0.5, 0.6) is 0 Å². The minimum absolute atomic E-state index is 0.0632. The SMILES string of the molecule is N#CC1(Cc2cc(Cl)ccc2[N+](=O)[O-])CCCCCC1. The zero-order chi connectivity index (χ0) is 14.6. The third-order valence-corrected chi connectivity index (χ3v) is 4.30. The first kappa shape index (κ1) is 14.8. The molecule has 1 fully saturated rings. The van der Waals surface area contributed by atoms with Gasteiger partial charge in [0.15, 0.2) is 0 Å². The van der Waals surface area contributed by atoms with Crippen LogP contribution in [0, 0.1) is 26.9 Å². The fourth-order valence-electron chi connectivity index (χ4n) is 2.97. The molecule has 106 valence electrons. The smallest absolute Gasteiger partial charge is 0.258 e. The Morgan fingerprint density at radius 2 is 1.95 bits per heavy atom. The van der Waals surface area contributed by atoms with Crippen LogP contribution < -0.4 is 0 Å². The first-order chi connectivity index (χ1) is 9.56. The van der Waals surface area contributed by atoms with Crippen LogP contribution >= 0.6 is 11.6 Å². The Morgan fingerprint density at radius 3 is 2.50 bits per heavy atom. The van der Waals surface area contributed by atoms with E-state index in [9.17, 15) is 15.4 Å². The van der Waals surface area contributed by atoms with Crippen molar-refractivity contribution < 1.29 is 4.92 Å². The quantitative estimate of drug-likeness (QED) is 0.462. The minimum atomic E-state index is -0.480. The highest BCUT2D eigenvalue weighted by Gasteiger charge is 2.33. The molecule has 0 radical (unpaired) electrons. The molecule has 0 N–H and O–H groups in total. The lowest BCUT2D eigenvalue weighted by molar-refractivity contribution is -0.385. The van der Waals surface area contributed by atoms with Gasteiger partial charge in [-0.25, -0.2) is 0 Å². The predicted octanol–water partition coefficient (Wildman–Crippen LogP) is 4.65. The van der Waals surface area contributed by atoms with Crippen molar-refractivity contribution in [2.75, 3.05) is 0 Å². The largest absolute Gasteiger partial charge is 0.272 e. The van der Waals surface area contributed by atoms with Gasteiger partial charge in [0.25, 0.3) is 5.69 Å². The molecule has 1 aliphatic carbocycles. The number of nitro groups is 1. The summed E-state index contributed by atoms with van der Waals surface area (Å²) in [4.78, 5) is 10.7. The van der Waals surface area contributed by atoms with Crippen molar-refractivity contribution in [2.24, 2.45) is 5.41 Å². The summed E-state index contributed by atoms with van der Waals surface area (Å²) in [5, 5.41) is 21.2. The molecule has 4 nitrogen and oxygen atoms in total. The van der Waals surface area contributed by atoms with Crippen LogP contribution in [0.1, 0.15) is 44.1 Å². The summed E-state index contributed by atoms with van der Waals surface area (Å²) < 4.78 is 0. The number of nitro benzene ring substituents is 1. The van der Waals surface area contributed by atoms with E-state index >= 15 is 0 Å². The Kier molecular flexibility index (Phi) is 4.61. The second kappa shape index (κ2) is 6.23. The van der Waals surface area contributed by atoms with Gasteiger partial charge in [-0.3, -0.25) is 10.1 Å². The van der Waals surface area contributed by atoms with Crippen LogP contribution in [0.4, 0.5) is 5.69 Å². The molecule has 1 aliphatic rings. The molecule has 1 aromatic rings. The van der Waals surface area contributed by atoms with E-state index in [0.29, 0.717) is 17.0 Å². The fraction of sp³-hybridized carbons (Fsp3) is 0.533. The van der Waals surface area contributed by atoms with Crippen molar-refractivity contribution in [3.63, 3.8) is 0 Å². The second-order valence-electron chi connectivity index (χ2n) is 5.51. The Bertz CT molecular complexity index is 543. The van der Waals surface area contributed by atoms with Gasteiger partial charge in [-0.05, 0) is 31.4 Å². The van der Waals surface area contributed by atoms with Gasteiger partial charge >= 0.3 is 0 Å². The van der Waals surface area contributed by atoms with Crippen LogP contribution in [0.25, 0.3) is 0 Å². The normalized spacial score (nSPS) is 18.0. The lowest BCUT2D eigenvalue weighted by Gasteiger charge is -2.24. The van der Waals surface area contributed by atoms with Gasteiger partial charge in [-0.15, -0.1) is 0 Å². The number of hydrogen-bond acceptors (Lipinski definition) is 3. The van der Waals surface area contributed by atoms with E-state index in [1.807, 2.05) is 0 Å². The number of rotatable bonds is 3. The molecule has 0 aromatic heterocycles. The Hall–Kier alpha value is -1.60. The highest BCUT2D eigenvalue weighted by atomic mass is 35.5. The molecule has 1 aromatic carbocycles. The number of benzene rings is 1. The molecule has 20 heavy (non-hydrogen) atoms. The molecule has 0 unspecified atom stereocenters. The van der Waals surface area contributed by atoms with Gasteiger partial charge in [0.05, 0.1) is 16.4 Å². The maximum absolute atomic E-state index is 11.1. The zero-order valence-electron chi connectivity index (χ0n) is 11.3. The molecule has 0 spiro atoms. The summed E-state index contributed by atoms with van der Waals surface area (Å²) in [6, 6.07) is 7.01.